The maximum absolute atomic E-state index is 8.98. The van der Waals surface area contributed by atoms with Crippen LogP contribution in [0, 0.1) is 0 Å². The van der Waals surface area contributed by atoms with Gasteiger partial charge in [-0.1, -0.05) is 0 Å². The van der Waals surface area contributed by atoms with Crippen LogP contribution in [0.15, 0.2) is 60.8 Å². The fourth-order valence-electron chi connectivity index (χ4n) is 1.99. The minimum absolute atomic E-state index is 0.0916. The Hall–Kier alpha value is -1.94. The summed E-state index contributed by atoms with van der Waals surface area (Å²) < 4.78 is 4.38. The van der Waals surface area contributed by atoms with Gasteiger partial charge in [0.15, 0.2) is 0 Å². The van der Waals surface area contributed by atoms with E-state index in [4.69, 9.17) is 5.11 Å². The number of benzene rings is 2. The topological polar surface area (TPSA) is 50.9 Å². The first-order chi connectivity index (χ1) is 10.4. The summed E-state index contributed by atoms with van der Waals surface area (Å²) in [6.07, 6.45) is 2.42. The Morgan fingerprint density at radius 1 is 1.00 bits per heavy atom. The van der Waals surface area contributed by atoms with Crippen molar-refractivity contribution in [3.05, 3.63) is 66.5 Å². The van der Waals surface area contributed by atoms with Crippen molar-refractivity contribution < 1.29 is 5.11 Å². The molecule has 1 heterocycles. The molecule has 0 saturated carbocycles. The van der Waals surface area contributed by atoms with Gasteiger partial charge in [-0.25, -0.2) is 0 Å². The molecule has 0 aliphatic heterocycles. The average Bonchev–Trinajstić information content (AvgIpc) is 2.98. The summed E-state index contributed by atoms with van der Waals surface area (Å²) in [7, 11) is 0. The van der Waals surface area contributed by atoms with Gasteiger partial charge in [0.1, 0.15) is 0 Å². The normalized spacial score (nSPS) is 10.7. The third-order valence-electron chi connectivity index (χ3n) is 2.99. The Labute approximate surface area is 129 Å². The summed E-state index contributed by atoms with van der Waals surface area (Å²) in [5, 5.41) is 17.2. The van der Waals surface area contributed by atoms with Crippen LogP contribution in [0.1, 0.15) is 5.69 Å². The van der Waals surface area contributed by atoms with E-state index >= 15 is 0 Å². The van der Waals surface area contributed by atoms with Crippen LogP contribution >= 0.6 is 0 Å². The van der Waals surface area contributed by atoms with Gasteiger partial charge < -0.3 is 0 Å². The molecular weight excluding hydrogens is 329 g/mol. The van der Waals surface area contributed by atoms with Gasteiger partial charge in [0.25, 0.3) is 0 Å². The molecule has 1 aromatic heterocycles. The van der Waals surface area contributed by atoms with Crippen LogP contribution in [0.2, 0.25) is 0 Å². The van der Waals surface area contributed by atoms with Gasteiger partial charge >= 0.3 is 129 Å². The first-order valence-electron chi connectivity index (χ1n) is 6.71. The van der Waals surface area contributed by atoms with Crippen LogP contribution in [0.3, 0.4) is 0 Å². The Kier molecular flexibility index (Phi) is 4.46. The van der Waals surface area contributed by atoms with E-state index in [1.165, 1.54) is 8.92 Å². The van der Waals surface area contributed by atoms with Crippen LogP contribution in [-0.2, 0) is 6.42 Å². The Balaban J connectivity index is 1.91. The summed E-state index contributed by atoms with van der Waals surface area (Å²) in [5.41, 5.74) is 1.86. The molecule has 0 amide bonds. The van der Waals surface area contributed by atoms with E-state index in [1.807, 2.05) is 18.3 Å². The molecule has 3 rings (SSSR count). The van der Waals surface area contributed by atoms with Gasteiger partial charge in [-0.2, -0.15) is 0 Å². The quantitative estimate of drug-likeness (QED) is 0.684. The Morgan fingerprint density at radius 3 is 2.57 bits per heavy atom. The van der Waals surface area contributed by atoms with Crippen molar-refractivity contribution in [2.75, 3.05) is 6.61 Å². The standard InChI is InChI=1S/C16H15N3OSe/c20-11-10-13-12-19(18-17-13)15-8-4-5-9-16(15)21-14-6-2-1-3-7-14/h1-9,12,20H,10-11H2. The number of hydrogen-bond donors (Lipinski definition) is 1. The van der Waals surface area contributed by atoms with Crippen LogP contribution in [-0.4, -0.2) is 41.7 Å². The molecule has 3 aromatic rings. The molecule has 0 fully saturated rings. The molecule has 21 heavy (non-hydrogen) atoms. The molecule has 2 aromatic carbocycles. The molecule has 106 valence electrons. The van der Waals surface area contributed by atoms with E-state index < -0.39 is 0 Å². The second-order valence-electron chi connectivity index (χ2n) is 4.51. The van der Waals surface area contributed by atoms with Crippen molar-refractivity contribution in [1.82, 2.24) is 15.0 Å². The molecule has 0 spiro atoms. The predicted molar refractivity (Wildman–Crippen MR) is 83.6 cm³/mol. The average molecular weight is 344 g/mol. The number of hydrogen-bond acceptors (Lipinski definition) is 3. The summed E-state index contributed by atoms with van der Waals surface area (Å²) in [4.78, 5) is 0. The predicted octanol–water partition coefficient (Wildman–Crippen LogP) is 0.457. The molecule has 0 bridgehead atoms. The molecule has 0 radical (unpaired) electrons. The van der Waals surface area contributed by atoms with Crippen molar-refractivity contribution in [3.8, 4) is 5.69 Å². The number of aliphatic hydroxyl groups excluding tert-OH is 1. The van der Waals surface area contributed by atoms with E-state index in [0.717, 1.165) is 11.4 Å². The zero-order valence-electron chi connectivity index (χ0n) is 11.4. The van der Waals surface area contributed by atoms with Crippen LogP contribution in [0.4, 0.5) is 0 Å². The fraction of sp³-hybridized carbons (Fsp3) is 0.125. The molecule has 0 saturated heterocycles. The molecule has 4 nitrogen and oxygen atoms in total. The molecule has 1 N–H and O–H groups in total. The Morgan fingerprint density at radius 2 is 1.76 bits per heavy atom. The second-order valence-corrected chi connectivity index (χ2v) is 6.85. The van der Waals surface area contributed by atoms with Gasteiger partial charge in [0.2, 0.25) is 0 Å². The summed E-state index contributed by atoms with van der Waals surface area (Å²) in [6, 6.07) is 18.7. The minimum atomic E-state index is 0.0916. The van der Waals surface area contributed by atoms with Gasteiger partial charge in [-0.15, -0.1) is 0 Å². The van der Waals surface area contributed by atoms with Crippen LogP contribution in [0.25, 0.3) is 5.69 Å². The van der Waals surface area contributed by atoms with E-state index in [-0.39, 0.29) is 21.6 Å². The number of nitrogens with zero attached hydrogens (tertiary/aromatic N) is 3. The third kappa shape index (κ3) is 3.39. The van der Waals surface area contributed by atoms with E-state index in [9.17, 15) is 0 Å². The zero-order valence-corrected chi connectivity index (χ0v) is 13.1. The van der Waals surface area contributed by atoms with Gasteiger partial charge in [-0.3, -0.25) is 0 Å². The van der Waals surface area contributed by atoms with Crippen molar-refractivity contribution in [2.24, 2.45) is 0 Å². The second kappa shape index (κ2) is 6.68. The molecule has 5 heteroatoms. The maximum atomic E-state index is 8.98. The third-order valence-corrected chi connectivity index (χ3v) is 5.24. The van der Waals surface area contributed by atoms with E-state index in [2.05, 4.69) is 52.8 Å². The molecule has 0 atom stereocenters. The van der Waals surface area contributed by atoms with E-state index in [0.29, 0.717) is 6.42 Å². The van der Waals surface area contributed by atoms with Gasteiger partial charge in [-0.05, 0) is 0 Å². The number of para-hydroxylation sites is 1. The summed E-state index contributed by atoms with van der Waals surface area (Å²) in [5.74, 6) is 0. The molecule has 0 aliphatic rings. The van der Waals surface area contributed by atoms with Crippen molar-refractivity contribution in [2.45, 2.75) is 6.42 Å². The van der Waals surface area contributed by atoms with Gasteiger partial charge in [0, 0.05) is 0 Å². The monoisotopic (exact) mass is 345 g/mol. The molecule has 0 aliphatic carbocycles. The SMILES string of the molecule is OCCc1cn(-c2ccccc2[Se]c2ccccc2)nn1. The summed E-state index contributed by atoms with van der Waals surface area (Å²) >= 11 is 0.223. The van der Waals surface area contributed by atoms with Crippen LogP contribution < -0.4 is 8.92 Å². The first-order valence-corrected chi connectivity index (χ1v) is 8.42. The van der Waals surface area contributed by atoms with Gasteiger partial charge in [0.05, 0.1) is 0 Å². The van der Waals surface area contributed by atoms with Crippen molar-refractivity contribution in [1.29, 1.82) is 0 Å². The first kappa shape index (κ1) is 14.0. The number of aliphatic hydroxyl groups is 1. The molecule has 0 unspecified atom stereocenters. The zero-order chi connectivity index (χ0) is 14.5. The summed E-state index contributed by atoms with van der Waals surface area (Å²) in [6.45, 7) is 0.0916. The van der Waals surface area contributed by atoms with Crippen molar-refractivity contribution in [3.63, 3.8) is 0 Å². The molecular formula is C16H15N3OSe. The van der Waals surface area contributed by atoms with Crippen molar-refractivity contribution >= 4 is 23.9 Å². The Bertz CT molecular complexity index is 712. The number of rotatable bonds is 5. The van der Waals surface area contributed by atoms with Crippen LogP contribution in [0.5, 0.6) is 0 Å². The fourth-order valence-corrected chi connectivity index (χ4v) is 4.01. The van der Waals surface area contributed by atoms with E-state index in [1.54, 1.807) is 4.68 Å². The number of aromatic nitrogens is 3.